The number of hydrogen-bond donors (Lipinski definition) is 3. The average molecular weight is 383 g/mol. The molecule has 3 N–H and O–H groups in total. The Balaban J connectivity index is 1.82. The van der Waals surface area contributed by atoms with Gasteiger partial charge in [-0.25, -0.2) is 0 Å². The molecule has 1 fully saturated rings. The fourth-order valence-corrected chi connectivity index (χ4v) is 3.13. The molecule has 146 valence electrons. The van der Waals surface area contributed by atoms with E-state index in [0.29, 0.717) is 33.6 Å². The first kappa shape index (κ1) is 20.0. The lowest BCUT2D eigenvalue weighted by molar-refractivity contribution is -0.242. The highest BCUT2D eigenvalue weighted by atomic mass is 16.7. The van der Waals surface area contributed by atoms with Crippen molar-refractivity contribution in [2.24, 2.45) is 0 Å². The van der Waals surface area contributed by atoms with Crippen LogP contribution in [0.3, 0.4) is 0 Å². The fourth-order valence-electron chi connectivity index (χ4n) is 3.13. The number of nitrogens with zero attached hydrogens (tertiary/aromatic N) is 1. The zero-order chi connectivity index (χ0) is 20.4. The van der Waals surface area contributed by atoms with Gasteiger partial charge in [-0.1, -0.05) is 0 Å². The molecule has 0 aliphatic carbocycles. The maximum absolute atomic E-state index is 12.7. The standard InChI is InChI=1S/C21H21NO6/c1-11-7-15(17(24)14-5-3-13(9-22)4-6-14)8-12(2)20(11)28-21-19(26)18(25)16(23)10-27-21/h3-8,16,18-19,21,23,25-26H,10H2,1-2H3/t16-,18+,19-,21-/m1/s1. The zero-order valence-corrected chi connectivity index (χ0v) is 15.5. The molecular formula is C21H21NO6. The topological polar surface area (TPSA) is 120 Å². The molecule has 0 radical (unpaired) electrons. The smallest absolute Gasteiger partial charge is 0.228 e. The number of carbonyl (C=O) groups is 1. The molecule has 3 rings (SSSR count). The summed E-state index contributed by atoms with van der Waals surface area (Å²) >= 11 is 0. The van der Waals surface area contributed by atoms with Crippen molar-refractivity contribution in [2.45, 2.75) is 38.4 Å². The minimum absolute atomic E-state index is 0.156. The van der Waals surface area contributed by atoms with Gasteiger partial charge in [-0.2, -0.15) is 5.26 Å². The molecule has 7 heteroatoms. The van der Waals surface area contributed by atoms with Crippen molar-refractivity contribution in [1.82, 2.24) is 0 Å². The van der Waals surface area contributed by atoms with E-state index in [0.717, 1.165) is 0 Å². The maximum Gasteiger partial charge on any atom is 0.228 e. The van der Waals surface area contributed by atoms with Gasteiger partial charge in [0.1, 0.15) is 24.1 Å². The Morgan fingerprint density at radius 3 is 2.25 bits per heavy atom. The molecule has 0 aromatic heterocycles. The lowest BCUT2D eigenvalue weighted by Crippen LogP contribution is -2.54. The Kier molecular flexibility index (Phi) is 5.77. The lowest BCUT2D eigenvalue weighted by atomic mass is 9.98. The van der Waals surface area contributed by atoms with Crippen molar-refractivity contribution in [3.05, 3.63) is 64.2 Å². The first-order chi connectivity index (χ1) is 13.3. The third-order valence-corrected chi connectivity index (χ3v) is 4.69. The van der Waals surface area contributed by atoms with E-state index in [1.54, 1.807) is 50.2 Å². The molecule has 28 heavy (non-hydrogen) atoms. The van der Waals surface area contributed by atoms with Gasteiger partial charge in [0, 0.05) is 11.1 Å². The molecule has 0 spiro atoms. The molecule has 0 saturated carbocycles. The minimum Gasteiger partial charge on any atom is -0.461 e. The van der Waals surface area contributed by atoms with Crippen LogP contribution in [0.2, 0.25) is 0 Å². The van der Waals surface area contributed by atoms with Crippen molar-refractivity contribution in [1.29, 1.82) is 5.26 Å². The van der Waals surface area contributed by atoms with Gasteiger partial charge < -0.3 is 24.8 Å². The van der Waals surface area contributed by atoms with Crippen LogP contribution in [0.15, 0.2) is 36.4 Å². The highest BCUT2D eigenvalue weighted by Crippen LogP contribution is 2.29. The number of carbonyl (C=O) groups excluding carboxylic acids is 1. The third kappa shape index (κ3) is 3.91. The summed E-state index contributed by atoms with van der Waals surface area (Å²) < 4.78 is 11.0. The molecule has 0 unspecified atom stereocenters. The minimum atomic E-state index is -1.40. The van der Waals surface area contributed by atoms with Gasteiger partial charge in [0.25, 0.3) is 0 Å². The van der Waals surface area contributed by atoms with Crippen molar-refractivity contribution >= 4 is 5.78 Å². The summed E-state index contributed by atoms with van der Waals surface area (Å²) in [6.07, 6.45) is -5.07. The summed E-state index contributed by atoms with van der Waals surface area (Å²) in [5.74, 6) is 0.249. The van der Waals surface area contributed by atoms with Gasteiger partial charge in [-0.3, -0.25) is 4.79 Å². The molecule has 1 aliphatic heterocycles. The second-order valence-electron chi connectivity index (χ2n) is 6.83. The average Bonchev–Trinajstić information content (AvgIpc) is 2.69. The first-order valence-electron chi connectivity index (χ1n) is 8.80. The predicted molar refractivity (Wildman–Crippen MR) is 98.9 cm³/mol. The molecule has 2 aromatic rings. The number of aliphatic hydroxyl groups is 3. The van der Waals surface area contributed by atoms with Gasteiger partial charge >= 0.3 is 0 Å². The van der Waals surface area contributed by atoms with Crippen molar-refractivity contribution in [2.75, 3.05) is 6.61 Å². The normalized spacial score (nSPS) is 24.4. The quantitative estimate of drug-likeness (QED) is 0.679. The van der Waals surface area contributed by atoms with Crippen LogP contribution in [-0.2, 0) is 4.74 Å². The Labute approximate surface area is 162 Å². The van der Waals surface area contributed by atoms with Gasteiger partial charge in [0.15, 0.2) is 5.78 Å². The van der Waals surface area contributed by atoms with E-state index in [9.17, 15) is 20.1 Å². The largest absolute Gasteiger partial charge is 0.461 e. The maximum atomic E-state index is 12.7. The van der Waals surface area contributed by atoms with E-state index < -0.39 is 24.6 Å². The van der Waals surface area contributed by atoms with Gasteiger partial charge in [0.05, 0.1) is 18.2 Å². The highest BCUT2D eigenvalue weighted by molar-refractivity contribution is 6.09. The summed E-state index contributed by atoms with van der Waals surface area (Å²) in [6.45, 7) is 3.37. The van der Waals surface area contributed by atoms with E-state index in [1.807, 2.05) is 6.07 Å². The molecule has 0 bridgehead atoms. The van der Waals surface area contributed by atoms with Crippen LogP contribution >= 0.6 is 0 Å². The zero-order valence-electron chi connectivity index (χ0n) is 15.5. The second-order valence-corrected chi connectivity index (χ2v) is 6.83. The van der Waals surface area contributed by atoms with E-state index in [1.165, 1.54) is 0 Å². The number of aliphatic hydroxyl groups excluding tert-OH is 3. The van der Waals surface area contributed by atoms with Crippen LogP contribution in [0.4, 0.5) is 0 Å². The number of nitriles is 1. The number of ketones is 1. The highest BCUT2D eigenvalue weighted by Gasteiger charge is 2.39. The summed E-state index contributed by atoms with van der Waals surface area (Å²) in [5, 5.41) is 38.2. The van der Waals surface area contributed by atoms with E-state index >= 15 is 0 Å². The van der Waals surface area contributed by atoms with Crippen LogP contribution in [0.25, 0.3) is 0 Å². The van der Waals surface area contributed by atoms with Gasteiger partial charge in [0.2, 0.25) is 6.29 Å². The number of benzene rings is 2. The fraction of sp³-hybridized carbons (Fsp3) is 0.333. The number of rotatable bonds is 4. The summed E-state index contributed by atoms with van der Waals surface area (Å²) in [6, 6.07) is 11.7. The van der Waals surface area contributed by atoms with E-state index in [-0.39, 0.29) is 12.4 Å². The number of ether oxygens (including phenoxy) is 2. The lowest BCUT2D eigenvalue weighted by Gasteiger charge is -2.35. The Morgan fingerprint density at radius 2 is 1.68 bits per heavy atom. The van der Waals surface area contributed by atoms with Crippen molar-refractivity contribution in [3.63, 3.8) is 0 Å². The molecule has 2 aromatic carbocycles. The number of aryl methyl sites for hydroxylation is 2. The van der Waals surface area contributed by atoms with Gasteiger partial charge in [-0.15, -0.1) is 0 Å². The summed E-state index contributed by atoms with van der Waals surface area (Å²) in [4.78, 5) is 12.7. The number of hydrogen-bond acceptors (Lipinski definition) is 7. The van der Waals surface area contributed by atoms with E-state index in [2.05, 4.69) is 0 Å². The molecule has 1 aliphatic rings. The Bertz CT molecular complexity index is 894. The van der Waals surface area contributed by atoms with Crippen LogP contribution in [0.1, 0.15) is 32.6 Å². The molecule has 1 saturated heterocycles. The van der Waals surface area contributed by atoms with Crippen LogP contribution in [-0.4, -0.2) is 52.3 Å². The van der Waals surface area contributed by atoms with Crippen LogP contribution in [0.5, 0.6) is 5.75 Å². The predicted octanol–water partition coefficient (Wildman–Crippen LogP) is 1.22. The van der Waals surface area contributed by atoms with Crippen molar-refractivity contribution < 1.29 is 29.6 Å². The Hall–Kier alpha value is -2.76. The van der Waals surface area contributed by atoms with Gasteiger partial charge in [-0.05, 0) is 61.4 Å². The monoisotopic (exact) mass is 383 g/mol. The van der Waals surface area contributed by atoms with Crippen LogP contribution < -0.4 is 4.74 Å². The third-order valence-electron chi connectivity index (χ3n) is 4.69. The Morgan fingerprint density at radius 1 is 1.07 bits per heavy atom. The summed E-state index contributed by atoms with van der Waals surface area (Å²) in [5.41, 5.74) is 2.73. The van der Waals surface area contributed by atoms with E-state index in [4.69, 9.17) is 14.7 Å². The molecule has 1 heterocycles. The molecule has 4 atom stereocenters. The first-order valence-corrected chi connectivity index (χ1v) is 8.80. The van der Waals surface area contributed by atoms with Crippen LogP contribution in [0, 0.1) is 25.2 Å². The molecule has 0 amide bonds. The van der Waals surface area contributed by atoms with Crippen molar-refractivity contribution in [3.8, 4) is 11.8 Å². The second kappa shape index (κ2) is 8.09. The molecular weight excluding hydrogens is 362 g/mol. The SMILES string of the molecule is Cc1cc(C(=O)c2ccc(C#N)cc2)cc(C)c1O[C@H]1OC[C@@H](O)[C@H](O)[C@H]1O. The summed E-state index contributed by atoms with van der Waals surface area (Å²) in [7, 11) is 0. The molecule has 7 nitrogen and oxygen atoms in total.